The quantitative estimate of drug-likeness (QED) is 0.671. The van der Waals surface area contributed by atoms with Gasteiger partial charge < -0.3 is 9.47 Å². The Kier molecular flexibility index (Phi) is 4.01. The van der Waals surface area contributed by atoms with E-state index in [9.17, 15) is 4.79 Å². The molecule has 1 aliphatic rings. The van der Waals surface area contributed by atoms with Gasteiger partial charge in [-0.15, -0.1) is 0 Å². The summed E-state index contributed by atoms with van der Waals surface area (Å²) < 4.78 is 11.5. The van der Waals surface area contributed by atoms with Crippen LogP contribution in [0.1, 0.15) is 21.5 Å². The maximum absolute atomic E-state index is 12.4. The van der Waals surface area contributed by atoms with E-state index in [0.717, 1.165) is 11.1 Å². The van der Waals surface area contributed by atoms with E-state index in [1.165, 1.54) is 0 Å². The molecule has 122 valence electrons. The Hall–Kier alpha value is -3.40. The summed E-state index contributed by atoms with van der Waals surface area (Å²) in [5.74, 6) is 1.37. The summed E-state index contributed by atoms with van der Waals surface area (Å²) in [6.45, 7) is 0.466. The van der Waals surface area contributed by atoms with E-state index in [1.807, 2.05) is 42.5 Å². The van der Waals surface area contributed by atoms with E-state index in [4.69, 9.17) is 9.47 Å². The van der Waals surface area contributed by atoms with Crippen LogP contribution >= 0.6 is 0 Å². The Balaban J connectivity index is 1.52. The van der Waals surface area contributed by atoms with Crippen molar-refractivity contribution < 1.29 is 14.3 Å². The number of benzene rings is 2. The molecule has 2 heterocycles. The van der Waals surface area contributed by atoms with Gasteiger partial charge in [0, 0.05) is 18.5 Å². The third-order valence-electron chi connectivity index (χ3n) is 3.89. The molecule has 4 rings (SSSR count). The van der Waals surface area contributed by atoms with Gasteiger partial charge in [0.05, 0.1) is 5.56 Å². The molecular weight excluding hydrogens is 314 g/mol. The number of aromatic nitrogens is 1. The van der Waals surface area contributed by atoms with Crippen LogP contribution < -0.4 is 9.47 Å². The van der Waals surface area contributed by atoms with Crippen molar-refractivity contribution in [3.05, 3.63) is 95.5 Å². The molecule has 0 fully saturated rings. The highest BCUT2D eigenvalue weighted by atomic mass is 16.5. The fraction of sp³-hybridized carbons (Fsp3) is 0.0476. The van der Waals surface area contributed by atoms with E-state index in [1.54, 1.807) is 36.7 Å². The van der Waals surface area contributed by atoms with Crippen molar-refractivity contribution in [3.8, 4) is 11.5 Å². The summed E-state index contributed by atoms with van der Waals surface area (Å²) in [4.78, 5) is 16.4. The summed E-state index contributed by atoms with van der Waals surface area (Å²) in [5, 5.41) is 0. The van der Waals surface area contributed by atoms with Crippen LogP contribution in [0, 0.1) is 0 Å². The Labute approximate surface area is 145 Å². The number of pyridine rings is 1. The highest BCUT2D eigenvalue weighted by Gasteiger charge is 2.27. The first-order valence-corrected chi connectivity index (χ1v) is 7.95. The van der Waals surface area contributed by atoms with Gasteiger partial charge in [0.2, 0.25) is 5.78 Å². The lowest BCUT2D eigenvalue weighted by atomic mass is 10.1. The van der Waals surface area contributed by atoms with Crippen LogP contribution in [0.15, 0.2) is 78.8 Å². The van der Waals surface area contributed by atoms with Gasteiger partial charge in [-0.2, -0.15) is 0 Å². The van der Waals surface area contributed by atoms with Crippen LogP contribution in [0.4, 0.5) is 0 Å². The van der Waals surface area contributed by atoms with Crippen LogP contribution in [0.25, 0.3) is 6.08 Å². The summed E-state index contributed by atoms with van der Waals surface area (Å²) in [7, 11) is 0. The molecule has 0 saturated heterocycles. The highest BCUT2D eigenvalue weighted by molar-refractivity contribution is 6.14. The van der Waals surface area contributed by atoms with Crippen molar-refractivity contribution >= 4 is 11.9 Å². The summed E-state index contributed by atoms with van der Waals surface area (Å²) in [6, 6.07) is 18.8. The maximum Gasteiger partial charge on any atom is 0.231 e. The Morgan fingerprint density at radius 1 is 1.00 bits per heavy atom. The zero-order chi connectivity index (χ0) is 17.1. The van der Waals surface area contributed by atoms with Crippen molar-refractivity contribution in [3.63, 3.8) is 0 Å². The van der Waals surface area contributed by atoms with E-state index in [0.29, 0.717) is 29.4 Å². The van der Waals surface area contributed by atoms with Gasteiger partial charge in [0.15, 0.2) is 5.76 Å². The molecule has 0 bridgehead atoms. The summed E-state index contributed by atoms with van der Waals surface area (Å²) in [6.07, 6.45) is 5.07. The number of ether oxygens (including phenoxy) is 2. The minimum atomic E-state index is -0.124. The number of hydrogen-bond acceptors (Lipinski definition) is 4. The average molecular weight is 329 g/mol. The zero-order valence-corrected chi connectivity index (χ0v) is 13.4. The zero-order valence-electron chi connectivity index (χ0n) is 13.4. The molecular formula is C21H15NO3. The average Bonchev–Trinajstić information content (AvgIpc) is 2.97. The minimum absolute atomic E-state index is 0.124. The molecule has 4 heteroatoms. The maximum atomic E-state index is 12.4. The first-order chi connectivity index (χ1) is 12.3. The van der Waals surface area contributed by atoms with E-state index in [2.05, 4.69) is 4.98 Å². The van der Waals surface area contributed by atoms with Crippen LogP contribution in [0.2, 0.25) is 0 Å². The molecule has 2 aromatic carbocycles. The number of fused-ring (bicyclic) bond motifs is 1. The number of ketones is 1. The van der Waals surface area contributed by atoms with E-state index < -0.39 is 0 Å². The predicted octanol–water partition coefficient (Wildman–Crippen LogP) is 4.28. The highest BCUT2D eigenvalue weighted by Crippen LogP contribution is 2.35. The number of rotatable bonds is 4. The standard InChI is InChI=1S/C21H15NO3/c23-21-18-7-6-17(24-14-16-4-2-1-3-5-16)13-19(18)25-20(21)12-15-8-10-22-11-9-15/h1-13H,14H2/b20-12-. The molecule has 0 saturated carbocycles. The first-order valence-electron chi connectivity index (χ1n) is 7.95. The molecule has 0 atom stereocenters. The molecule has 0 N–H and O–H groups in total. The fourth-order valence-corrected chi connectivity index (χ4v) is 2.61. The molecule has 0 aliphatic carbocycles. The number of Topliss-reactive ketones (excluding diaryl/α,β-unsaturated/α-hetero) is 1. The third kappa shape index (κ3) is 3.28. The molecule has 0 unspecified atom stereocenters. The first kappa shape index (κ1) is 15.1. The number of hydrogen-bond donors (Lipinski definition) is 0. The van der Waals surface area contributed by atoms with Crippen molar-refractivity contribution in [2.45, 2.75) is 6.61 Å². The number of carbonyl (C=O) groups is 1. The molecule has 3 aromatic rings. The molecule has 0 spiro atoms. The predicted molar refractivity (Wildman–Crippen MR) is 94.4 cm³/mol. The van der Waals surface area contributed by atoms with Crippen molar-refractivity contribution in [1.82, 2.24) is 4.98 Å². The second-order valence-corrected chi connectivity index (χ2v) is 5.65. The molecule has 1 aliphatic heterocycles. The molecule has 1 aromatic heterocycles. The number of nitrogens with zero attached hydrogens (tertiary/aromatic N) is 1. The van der Waals surface area contributed by atoms with Gasteiger partial charge in [0.1, 0.15) is 18.1 Å². The Morgan fingerprint density at radius 3 is 2.60 bits per heavy atom. The van der Waals surface area contributed by atoms with Crippen LogP contribution in [-0.4, -0.2) is 10.8 Å². The van der Waals surface area contributed by atoms with Crippen LogP contribution in [-0.2, 0) is 6.61 Å². The second kappa shape index (κ2) is 6.61. The monoisotopic (exact) mass is 329 g/mol. The molecule has 0 amide bonds. The van der Waals surface area contributed by atoms with Crippen LogP contribution in [0.3, 0.4) is 0 Å². The van der Waals surface area contributed by atoms with E-state index >= 15 is 0 Å². The normalized spacial score (nSPS) is 14.2. The number of allylic oxidation sites excluding steroid dienone is 1. The van der Waals surface area contributed by atoms with Gasteiger partial charge in [-0.3, -0.25) is 9.78 Å². The second-order valence-electron chi connectivity index (χ2n) is 5.65. The minimum Gasteiger partial charge on any atom is -0.489 e. The topological polar surface area (TPSA) is 48.4 Å². The lowest BCUT2D eigenvalue weighted by Crippen LogP contribution is -1.98. The van der Waals surface area contributed by atoms with Crippen molar-refractivity contribution in [2.75, 3.05) is 0 Å². The smallest absolute Gasteiger partial charge is 0.231 e. The largest absolute Gasteiger partial charge is 0.489 e. The Morgan fingerprint density at radius 2 is 1.80 bits per heavy atom. The lowest BCUT2D eigenvalue weighted by Gasteiger charge is -2.07. The Bertz CT molecular complexity index is 934. The fourth-order valence-electron chi connectivity index (χ4n) is 2.61. The van der Waals surface area contributed by atoms with Gasteiger partial charge in [-0.1, -0.05) is 30.3 Å². The van der Waals surface area contributed by atoms with Gasteiger partial charge in [-0.05, 0) is 41.5 Å². The SMILES string of the molecule is O=C1/C(=C/c2ccncc2)Oc2cc(OCc3ccccc3)ccc21. The van der Waals surface area contributed by atoms with Gasteiger partial charge >= 0.3 is 0 Å². The van der Waals surface area contributed by atoms with Gasteiger partial charge in [-0.25, -0.2) is 0 Å². The van der Waals surface area contributed by atoms with Crippen LogP contribution in [0.5, 0.6) is 11.5 Å². The van der Waals surface area contributed by atoms with Crippen molar-refractivity contribution in [2.24, 2.45) is 0 Å². The third-order valence-corrected chi connectivity index (χ3v) is 3.89. The molecule has 25 heavy (non-hydrogen) atoms. The van der Waals surface area contributed by atoms with Crippen molar-refractivity contribution in [1.29, 1.82) is 0 Å². The summed E-state index contributed by atoms with van der Waals surface area (Å²) in [5.41, 5.74) is 2.50. The van der Waals surface area contributed by atoms with E-state index in [-0.39, 0.29) is 5.78 Å². The molecule has 4 nitrogen and oxygen atoms in total. The number of carbonyl (C=O) groups excluding carboxylic acids is 1. The lowest BCUT2D eigenvalue weighted by molar-refractivity contribution is 0.101. The van der Waals surface area contributed by atoms with Gasteiger partial charge in [0.25, 0.3) is 0 Å². The summed E-state index contributed by atoms with van der Waals surface area (Å²) >= 11 is 0. The molecule has 0 radical (unpaired) electrons.